The summed E-state index contributed by atoms with van der Waals surface area (Å²) in [6, 6.07) is 2.06. The van der Waals surface area contributed by atoms with Crippen LogP contribution in [0, 0.1) is 6.92 Å². The molecule has 0 bridgehead atoms. The van der Waals surface area contributed by atoms with E-state index in [4.69, 9.17) is 11.6 Å². The lowest BCUT2D eigenvalue weighted by atomic mass is 10.2. The van der Waals surface area contributed by atoms with Crippen molar-refractivity contribution >= 4 is 38.9 Å². The zero-order valence-electron chi connectivity index (χ0n) is 9.26. The molecule has 3 rings (SSSR count). The third kappa shape index (κ3) is 2.02. The molecule has 0 spiro atoms. The van der Waals surface area contributed by atoms with Crippen molar-refractivity contribution in [1.82, 2.24) is 9.97 Å². The van der Waals surface area contributed by atoms with E-state index < -0.39 is 0 Å². The molecule has 0 amide bonds. The lowest BCUT2D eigenvalue weighted by Crippen LogP contribution is -1.96. The first-order valence-corrected chi connectivity index (χ1v) is 7.45. The van der Waals surface area contributed by atoms with E-state index in [1.807, 2.05) is 0 Å². The number of fused-ring (bicyclic) bond motifs is 1. The minimum Gasteiger partial charge on any atom is -0.232 e. The zero-order valence-corrected chi connectivity index (χ0v) is 12.4. The number of hydrogen-bond donors (Lipinski definition) is 0. The standard InChI is InChI=1S/C12H10BrClN2S/c1-6-8(13)5-10(17-6)12-15-9-4-2-3-7(9)11(14)16-12/h5H,2-4H2,1H3. The Balaban J connectivity index is 2.13. The quantitative estimate of drug-likeness (QED) is 0.724. The van der Waals surface area contributed by atoms with E-state index in [1.165, 1.54) is 4.88 Å². The molecule has 2 heterocycles. The molecule has 0 N–H and O–H groups in total. The number of thiophene rings is 1. The molecule has 5 heteroatoms. The molecule has 2 nitrogen and oxygen atoms in total. The fourth-order valence-corrected chi connectivity index (χ4v) is 3.82. The lowest BCUT2D eigenvalue weighted by Gasteiger charge is -2.03. The van der Waals surface area contributed by atoms with Crippen molar-refractivity contribution in [3.8, 4) is 10.7 Å². The highest BCUT2D eigenvalue weighted by Gasteiger charge is 2.19. The van der Waals surface area contributed by atoms with Gasteiger partial charge in [0.05, 0.1) is 4.88 Å². The van der Waals surface area contributed by atoms with Gasteiger partial charge in [-0.05, 0) is 48.2 Å². The maximum atomic E-state index is 6.21. The molecule has 2 aromatic rings. The largest absolute Gasteiger partial charge is 0.232 e. The van der Waals surface area contributed by atoms with Crippen LogP contribution in [0.5, 0.6) is 0 Å². The van der Waals surface area contributed by atoms with E-state index in [2.05, 4.69) is 38.9 Å². The molecule has 0 aliphatic heterocycles. The van der Waals surface area contributed by atoms with Gasteiger partial charge in [-0.15, -0.1) is 11.3 Å². The van der Waals surface area contributed by atoms with E-state index in [0.29, 0.717) is 5.15 Å². The first-order chi connectivity index (χ1) is 8.15. The molecule has 88 valence electrons. The van der Waals surface area contributed by atoms with Gasteiger partial charge in [0.2, 0.25) is 0 Å². The Morgan fingerprint density at radius 2 is 2.18 bits per heavy atom. The van der Waals surface area contributed by atoms with E-state index >= 15 is 0 Å². The van der Waals surface area contributed by atoms with Crippen LogP contribution in [0.15, 0.2) is 10.5 Å². The molecule has 0 aromatic carbocycles. The number of aromatic nitrogens is 2. The predicted molar refractivity (Wildman–Crippen MR) is 74.8 cm³/mol. The van der Waals surface area contributed by atoms with Gasteiger partial charge in [0, 0.05) is 20.6 Å². The van der Waals surface area contributed by atoms with Gasteiger partial charge in [0.25, 0.3) is 0 Å². The number of nitrogens with zero attached hydrogens (tertiary/aromatic N) is 2. The Kier molecular flexibility index (Phi) is 2.97. The summed E-state index contributed by atoms with van der Waals surface area (Å²) in [5, 5.41) is 0.629. The van der Waals surface area contributed by atoms with Gasteiger partial charge < -0.3 is 0 Å². The first-order valence-electron chi connectivity index (χ1n) is 5.47. The molecule has 1 aliphatic carbocycles. The van der Waals surface area contributed by atoms with Crippen molar-refractivity contribution in [2.24, 2.45) is 0 Å². The Hall–Kier alpha value is -0.450. The summed E-state index contributed by atoms with van der Waals surface area (Å²) in [6.07, 6.45) is 3.18. The Bertz CT molecular complexity index is 575. The third-order valence-corrected chi connectivity index (χ3v) is 5.41. The molecular weight excluding hydrogens is 320 g/mol. The van der Waals surface area contributed by atoms with Crippen LogP contribution in [-0.2, 0) is 12.8 Å². The molecule has 1 aliphatic rings. The van der Waals surface area contributed by atoms with Gasteiger partial charge >= 0.3 is 0 Å². The van der Waals surface area contributed by atoms with Crippen LogP contribution in [0.1, 0.15) is 22.6 Å². The van der Waals surface area contributed by atoms with Crippen molar-refractivity contribution in [3.05, 3.63) is 31.8 Å². The highest BCUT2D eigenvalue weighted by Crippen LogP contribution is 2.35. The molecule has 0 fully saturated rings. The molecule has 0 unspecified atom stereocenters. The fraction of sp³-hybridized carbons (Fsp3) is 0.333. The molecule has 2 aromatic heterocycles. The summed E-state index contributed by atoms with van der Waals surface area (Å²) in [6.45, 7) is 2.08. The van der Waals surface area contributed by atoms with Gasteiger partial charge in [-0.25, -0.2) is 9.97 Å². The summed E-state index contributed by atoms with van der Waals surface area (Å²) in [7, 11) is 0. The van der Waals surface area contributed by atoms with Crippen LogP contribution in [0.2, 0.25) is 5.15 Å². The van der Waals surface area contributed by atoms with Crippen molar-refractivity contribution < 1.29 is 0 Å². The molecule has 17 heavy (non-hydrogen) atoms. The first kappa shape index (κ1) is 11.6. The summed E-state index contributed by atoms with van der Waals surface area (Å²) in [5.74, 6) is 0.759. The van der Waals surface area contributed by atoms with E-state index in [1.54, 1.807) is 11.3 Å². The van der Waals surface area contributed by atoms with Gasteiger partial charge in [-0.3, -0.25) is 0 Å². The van der Waals surface area contributed by atoms with Crippen LogP contribution in [0.4, 0.5) is 0 Å². The highest BCUT2D eigenvalue weighted by molar-refractivity contribution is 9.10. The second kappa shape index (κ2) is 4.34. The van der Waals surface area contributed by atoms with Gasteiger partial charge in [0.15, 0.2) is 5.82 Å². The molecule has 0 atom stereocenters. The van der Waals surface area contributed by atoms with Gasteiger partial charge in [0.1, 0.15) is 5.15 Å². The third-order valence-electron chi connectivity index (χ3n) is 2.96. The van der Waals surface area contributed by atoms with E-state index in [9.17, 15) is 0 Å². The smallest absolute Gasteiger partial charge is 0.171 e. The molecule has 0 saturated carbocycles. The second-order valence-electron chi connectivity index (χ2n) is 4.13. The van der Waals surface area contributed by atoms with Crippen LogP contribution in [0.3, 0.4) is 0 Å². The maximum Gasteiger partial charge on any atom is 0.171 e. The van der Waals surface area contributed by atoms with Crippen LogP contribution < -0.4 is 0 Å². The van der Waals surface area contributed by atoms with Crippen molar-refractivity contribution in [1.29, 1.82) is 0 Å². The molecule has 0 saturated heterocycles. The number of aryl methyl sites for hydroxylation is 2. The van der Waals surface area contributed by atoms with Gasteiger partial charge in [-0.2, -0.15) is 0 Å². The van der Waals surface area contributed by atoms with E-state index in [-0.39, 0.29) is 0 Å². The minimum atomic E-state index is 0.629. The normalized spacial score (nSPS) is 14.1. The monoisotopic (exact) mass is 328 g/mol. The predicted octanol–water partition coefficient (Wildman–Crippen LogP) is 4.42. The van der Waals surface area contributed by atoms with Crippen molar-refractivity contribution in [2.75, 3.05) is 0 Å². The Morgan fingerprint density at radius 3 is 2.88 bits per heavy atom. The minimum absolute atomic E-state index is 0.629. The number of rotatable bonds is 1. The topological polar surface area (TPSA) is 25.8 Å². The van der Waals surface area contributed by atoms with Crippen molar-refractivity contribution in [2.45, 2.75) is 26.2 Å². The lowest BCUT2D eigenvalue weighted by molar-refractivity contribution is 0.900. The summed E-state index contributed by atoms with van der Waals surface area (Å²) in [5.41, 5.74) is 2.27. The average Bonchev–Trinajstić information content (AvgIpc) is 2.87. The summed E-state index contributed by atoms with van der Waals surface area (Å²) >= 11 is 11.4. The second-order valence-corrected chi connectivity index (χ2v) is 6.60. The van der Waals surface area contributed by atoms with Crippen LogP contribution in [0.25, 0.3) is 10.7 Å². The molecule has 0 radical (unpaired) electrons. The maximum absolute atomic E-state index is 6.21. The molecular formula is C12H10BrClN2S. The zero-order chi connectivity index (χ0) is 12.0. The summed E-state index contributed by atoms with van der Waals surface area (Å²) in [4.78, 5) is 11.4. The van der Waals surface area contributed by atoms with E-state index in [0.717, 1.165) is 45.7 Å². The van der Waals surface area contributed by atoms with Gasteiger partial charge in [-0.1, -0.05) is 11.6 Å². The summed E-state index contributed by atoms with van der Waals surface area (Å²) < 4.78 is 1.11. The number of hydrogen-bond acceptors (Lipinski definition) is 3. The highest BCUT2D eigenvalue weighted by atomic mass is 79.9. The number of halogens is 2. The fourth-order valence-electron chi connectivity index (χ4n) is 2.07. The van der Waals surface area contributed by atoms with Crippen LogP contribution >= 0.6 is 38.9 Å². The van der Waals surface area contributed by atoms with Crippen molar-refractivity contribution in [3.63, 3.8) is 0 Å². The Labute approximate surface area is 117 Å². The SMILES string of the molecule is Cc1sc(-c2nc(Cl)c3c(n2)CCC3)cc1Br. The Morgan fingerprint density at radius 1 is 1.35 bits per heavy atom. The average molecular weight is 330 g/mol. The van der Waals surface area contributed by atoms with Crippen LogP contribution in [-0.4, -0.2) is 9.97 Å².